The van der Waals surface area contributed by atoms with Crippen molar-refractivity contribution in [3.05, 3.63) is 65.4 Å². The monoisotopic (exact) mass is 331 g/mol. The summed E-state index contributed by atoms with van der Waals surface area (Å²) in [6.45, 7) is 3.66. The van der Waals surface area contributed by atoms with Gasteiger partial charge >= 0.3 is 0 Å². The van der Waals surface area contributed by atoms with Crippen LogP contribution in [0.25, 0.3) is 10.9 Å². The van der Waals surface area contributed by atoms with E-state index in [-0.39, 0.29) is 5.91 Å². The van der Waals surface area contributed by atoms with Crippen molar-refractivity contribution in [1.29, 1.82) is 0 Å². The predicted molar refractivity (Wildman–Crippen MR) is 99.9 cm³/mol. The summed E-state index contributed by atoms with van der Waals surface area (Å²) >= 11 is 0. The molecule has 1 spiro atoms. The summed E-state index contributed by atoms with van der Waals surface area (Å²) in [4.78, 5) is 19.1. The van der Waals surface area contributed by atoms with Crippen molar-refractivity contribution < 1.29 is 4.79 Å². The smallest absolute Gasteiger partial charge is 0.258 e. The number of rotatable bonds is 2. The van der Waals surface area contributed by atoms with E-state index in [4.69, 9.17) is 0 Å². The van der Waals surface area contributed by atoms with Crippen LogP contribution in [0, 0.1) is 0 Å². The molecule has 2 aliphatic rings. The molecule has 1 amide bonds. The number of benzene rings is 2. The maximum Gasteiger partial charge on any atom is 0.258 e. The Kier molecular flexibility index (Phi) is 3.06. The second-order valence-electron chi connectivity index (χ2n) is 6.92. The normalized spacial score (nSPS) is 21.8. The molecule has 1 aromatic heterocycles. The van der Waals surface area contributed by atoms with E-state index in [1.807, 2.05) is 23.1 Å². The standard InChI is InChI=1S/C21H21N3O/c1-2-13-24-18-10-6-4-8-16(18)21(20(24)25)19-15(11-12-22-21)14-7-3-5-9-17(14)23-19/h3-10,22-23H,2,11-13H2,1H3. The SMILES string of the molecule is CCCN1C(=O)C2(NCCc3c2[nH]c2ccccc32)c2ccccc21. The van der Waals surface area contributed by atoms with Gasteiger partial charge in [-0.1, -0.05) is 43.3 Å². The van der Waals surface area contributed by atoms with Gasteiger partial charge in [0.1, 0.15) is 0 Å². The van der Waals surface area contributed by atoms with Crippen LogP contribution in [0.1, 0.15) is 30.2 Å². The fourth-order valence-electron chi connectivity index (χ4n) is 4.55. The number of carbonyl (C=O) groups excluding carboxylic acids is 1. The molecule has 0 saturated carbocycles. The maximum absolute atomic E-state index is 13.6. The Bertz CT molecular complexity index is 990. The molecule has 25 heavy (non-hydrogen) atoms. The van der Waals surface area contributed by atoms with Crippen LogP contribution in [0.2, 0.25) is 0 Å². The number of H-pyrrole nitrogens is 1. The molecule has 2 N–H and O–H groups in total. The summed E-state index contributed by atoms with van der Waals surface area (Å²) in [6, 6.07) is 16.6. The Balaban J connectivity index is 1.82. The summed E-state index contributed by atoms with van der Waals surface area (Å²) in [5.41, 5.74) is 4.73. The number of nitrogens with one attached hydrogen (secondary N) is 2. The molecule has 126 valence electrons. The first-order valence-corrected chi connectivity index (χ1v) is 9.04. The van der Waals surface area contributed by atoms with Gasteiger partial charge in [-0.3, -0.25) is 10.1 Å². The Labute approximate surface area is 146 Å². The summed E-state index contributed by atoms with van der Waals surface area (Å²) in [7, 11) is 0. The van der Waals surface area contributed by atoms with Gasteiger partial charge < -0.3 is 9.88 Å². The highest BCUT2D eigenvalue weighted by molar-refractivity contribution is 6.11. The molecule has 0 bridgehead atoms. The highest BCUT2D eigenvalue weighted by atomic mass is 16.2. The summed E-state index contributed by atoms with van der Waals surface area (Å²) in [5, 5.41) is 4.82. The first-order chi connectivity index (χ1) is 12.3. The van der Waals surface area contributed by atoms with Crippen molar-refractivity contribution in [1.82, 2.24) is 10.3 Å². The van der Waals surface area contributed by atoms with Crippen LogP contribution in [0.3, 0.4) is 0 Å². The molecule has 0 aliphatic carbocycles. The van der Waals surface area contributed by atoms with Gasteiger partial charge in [-0.25, -0.2) is 0 Å². The van der Waals surface area contributed by atoms with E-state index in [1.54, 1.807) is 0 Å². The average Bonchev–Trinajstić information content (AvgIpc) is 3.14. The summed E-state index contributed by atoms with van der Waals surface area (Å²) < 4.78 is 0. The van der Waals surface area contributed by atoms with Crippen LogP contribution < -0.4 is 10.2 Å². The van der Waals surface area contributed by atoms with Gasteiger partial charge in [0.25, 0.3) is 5.91 Å². The highest BCUT2D eigenvalue weighted by Gasteiger charge is 2.54. The Morgan fingerprint density at radius 1 is 1.12 bits per heavy atom. The third kappa shape index (κ3) is 1.78. The zero-order chi connectivity index (χ0) is 17.0. The second-order valence-corrected chi connectivity index (χ2v) is 6.92. The lowest BCUT2D eigenvalue weighted by Crippen LogP contribution is -2.55. The van der Waals surface area contributed by atoms with Crippen LogP contribution in [0.4, 0.5) is 5.69 Å². The lowest BCUT2D eigenvalue weighted by molar-refractivity contribution is -0.123. The lowest BCUT2D eigenvalue weighted by atomic mass is 9.82. The number of nitrogens with zero attached hydrogens (tertiary/aromatic N) is 1. The number of anilines is 1. The van der Waals surface area contributed by atoms with Crippen molar-refractivity contribution in [3.63, 3.8) is 0 Å². The minimum Gasteiger partial charge on any atom is -0.356 e. The van der Waals surface area contributed by atoms with Crippen molar-refractivity contribution in [2.24, 2.45) is 0 Å². The van der Waals surface area contributed by atoms with Gasteiger partial charge in [0.05, 0.1) is 5.69 Å². The minimum atomic E-state index is -0.779. The van der Waals surface area contributed by atoms with Crippen molar-refractivity contribution in [3.8, 4) is 0 Å². The van der Waals surface area contributed by atoms with Gasteiger partial charge in [0.15, 0.2) is 5.54 Å². The molecule has 4 heteroatoms. The van der Waals surface area contributed by atoms with E-state index >= 15 is 0 Å². The molecule has 0 fully saturated rings. The minimum absolute atomic E-state index is 0.142. The molecule has 2 aliphatic heterocycles. The zero-order valence-corrected chi connectivity index (χ0v) is 14.3. The molecule has 0 saturated heterocycles. The van der Waals surface area contributed by atoms with Gasteiger partial charge in [0, 0.05) is 35.2 Å². The summed E-state index contributed by atoms with van der Waals surface area (Å²) in [5.74, 6) is 0.142. The van der Waals surface area contributed by atoms with E-state index in [1.165, 1.54) is 10.9 Å². The largest absolute Gasteiger partial charge is 0.356 e. The third-order valence-corrected chi connectivity index (χ3v) is 5.57. The van der Waals surface area contributed by atoms with Crippen LogP contribution in [0.5, 0.6) is 0 Å². The molecular weight excluding hydrogens is 310 g/mol. The Morgan fingerprint density at radius 3 is 2.80 bits per heavy atom. The molecule has 2 aromatic carbocycles. The van der Waals surface area contributed by atoms with Crippen molar-refractivity contribution >= 4 is 22.5 Å². The molecule has 4 nitrogen and oxygen atoms in total. The molecule has 1 unspecified atom stereocenters. The first kappa shape index (κ1) is 14.7. The highest BCUT2D eigenvalue weighted by Crippen LogP contribution is 2.47. The molecule has 5 rings (SSSR count). The topological polar surface area (TPSA) is 48.1 Å². The Hall–Kier alpha value is -2.59. The average molecular weight is 331 g/mol. The van der Waals surface area contributed by atoms with E-state index < -0.39 is 5.54 Å². The number of fused-ring (bicyclic) bond motifs is 6. The Morgan fingerprint density at radius 2 is 1.92 bits per heavy atom. The number of hydrogen-bond acceptors (Lipinski definition) is 2. The number of aromatic amines is 1. The van der Waals surface area contributed by atoms with Crippen LogP contribution in [-0.4, -0.2) is 24.0 Å². The third-order valence-electron chi connectivity index (χ3n) is 5.57. The molecule has 3 heterocycles. The van der Waals surface area contributed by atoms with Gasteiger partial charge in [-0.15, -0.1) is 0 Å². The van der Waals surface area contributed by atoms with Crippen molar-refractivity contribution in [2.45, 2.75) is 25.3 Å². The van der Waals surface area contributed by atoms with Crippen LogP contribution in [0.15, 0.2) is 48.5 Å². The van der Waals surface area contributed by atoms with Crippen LogP contribution in [-0.2, 0) is 16.8 Å². The van der Waals surface area contributed by atoms with E-state index in [0.29, 0.717) is 0 Å². The zero-order valence-electron chi connectivity index (χ0n) is 14.3. The first-order valence-electron chi connectivity index (χ1n) is 9.04. The number of para-hydroxylation sites is 2. The van der Waals surface area contributed by atoms with Gasteiger partial charge in [-0.05, 0) is 30.5 Å². The molecule has 1 atom stereocenters. The number of carbonyl (C=O) groups is 1. The van der Waals surface area contributed by atoms with Crippen LogP contribution >= 0.6 is 0 Å². The van der Waals surface area contributed by atoms with Gasteiger partial charge in [0.2, 0.25) is 0 Å². The maximum atomic E-state index is 13.6. The molecular formula is C21H21N3O. The van der Waals surface area contributed by atoms with E-state index in [9.17, 15) is 4.79 Å². The fraction of sp³-hybridized carbons (Fsp3) is 0.286. The molecule has 0 radical (unpaired) electrons. The lowest BCUT2D eigenvalue weighted by Gasteiger charge is -2.34. The fourth-order valence-corrected chi connectivity index (χ4v) is 4.55. The van der Waals surface area contributed by atoms with Crippen molar-refractivity contribution in [2.75, 3.05) is 18.0 Å². The summed E-state index contributed by atoms with van der Waals surface area (Å²) in [6.07, 6.45) is 1.88. The number of aromatic nitrogens is 1. The molecule has 3 aromatic rings. The number of amides is 1. The van der Waals surface area contributed by atoms with E-state index in [0.717, 1.165) is 48.4 Å². The predicted octanol–water partition coefficient (Wildman–Crippen LogP) is 3.31. The van der Waals surface area contributed by atoms with Gasteiger partial charge in [-0.2, -0.15) is 0 Å². The van der Waals surface area contributed by atoms with E-state index in [2.05, 4.69) is 47.6 Å². The number of hydrogen-bond donors (Lipinski definition) is 2. The second kappa shape index (κ2) is 5.20. The quantitative estimate of drug-likeness (QED) is 0.757.